The topological polar surface area (TPSA) is 93.2 Å². The van der Waals surface area contributed by atoms with Crippen LogP contribution in [-0.2, 0) is 4.79 Å². The number of benzene rings is 2. The molecule has 0 spiro atoms. The molecule has 1 unspecified atom stereocenters. The minimum Gasteiger partial charge on any atom is -0.481 e. The van der Waals surface area contributed by atoms with Gasteiger partial charge in [0.1, 0.15) is 5.75 Å². The van der Waals surface area contributed by atoms with Crippen molar-refractivity contribution in [2.75, 3.05) is 0 Å². The molecular formula is C20H17BrN4O3. The third-order valence-corrected chi connectivity index (χ3v) is 4.22. The van der Waals surface area contributed by atoms with Crippen LogP contribution in [0.2, 0.25) is 0 Å². The number of ether oxygens (including phenoxy) is 1. The highest BCUT2D eigenvalue weighted by molar-refractivity contribution is 9.10. The second-order valence-electron chi connectivity index (χ2n) is 5.82. The van der Waals surface area contributed by atoms with Crippen molar-refractivity contribution >= 4 is 27.7 Å². The summed E-state index contributed by atoms with van der Waals surface area (Å²) in [6, 6.07) is 16.5. The molecule has 0 bridgehead atoms. The summed E-state index contributed by atoms with van der Waals surface area (Å²) in [6.07, 6.45) is 2.00. The first kappa shape index (κ1) is 19.5. The molecule has 2 N–H and O–H groups in total. The molecule has 2 amide bonds. The summed E-state index contributed by atoms with van der Waals surface area (Å²) in [6.45, 7) is 1.58. The summed E-state index contributed by atoms with van der Waals surface area (Å²) in [5, 5.41) is 0. The fourth-order valence-corrected chi connectivity index (χ4v) is 2.65. The van der Waals surface area contributed by atoms with E-state index in [0.29, 0.717) is 11.6 Å². The van der Waals surface area contributed by atoms with E-state index in [0.717, 1.165) is 10.0 Å². The van der Waals surface area contributed by atoms with Crippen LogP contribution in [0.1, 0.15) is 17.3 Å². The van der Waals surface area contributed by atoms with Gasteiger partial charge in [0.25, 0.3) is 11.8 Å². The number of hydrazine groups is 1. The molecule has 0 saturated heterocycles. The molecule has 0 fully saturated rings. The van der Waals surface area contributed by atoms with Crippen molar-refractivity contribution in [3.63, 3.8) is 0 Å². The van der Waals surface area contributed by atoms with E-state index in [1.54, 1.807) is 25.1 Å². The maximum Gasteiger partial charge on any atom is 0.279 e. The van der Waals surface area contributed by atoms with E-state index < -0.39 is 17.9 Å². The van der Waals surface area contributed by atoms with Gasteiger partial charge in [-0.2, -0.15) is 0 Å². The van der Waals surface area contributed by atoms with Gasteiger partial charge >= 0.3 is 0 Å². The van der Waals surface area contributed by atoms with Gasteiger partial charge in [0.05, 0.1) is 5.56 Å². The lowest BCUT2D eigenvalue weighted by Crippen LogP contribution is -2.47. The van der Waals surface area contributed by atoms with Gasteiger partial charge in [-0.05, 0) is 25.1 Å². The fourth-order valence-electron chi connectivity index (χ4n) is 2.27. The van der Waals surface area contributed by atoms with Gasteiger partial charge in [0.15, 0.2) is 11.9 Å². The lowest BCUT2D eigenvalue weighted by Gasteiger charge is -2.15. The highest BCUT2D eigenvalue weighted by Gasteiger charge is 2.16. The smallest absolute Gasteiger partial charge is 0.279 e. The Morgan fingerprint density at radius 3 is 2.39 bits per heavy atom. The van der Waals surface area contributed by atoms with Crippen LogP contribution in [-0.4, -0.2) is 27.9 Å². The van der Waals surface area contributed by atoms with Gasteiger partial charge in [0, 0.05) is 22.4 Å². The second kappa shape index (κ2) is 9.09. The Balaban J connectivity index is 1.53. The number of nitrogens with one attached hydrogen (secondary N) is 2. The predicted octanol–water partition coefficient (Wildman–Crippen LogP) is 3.13. The lowest BCUT2D eigenvalue weighted by molar-refractivity contribution is -0.128. The number of carbonyl (C=O) groups is 2. The zero-order valence-electron chi connectivity index (χ0n) is 14.9. The molecule has 1 heterocycles. The lowest BCUT2D eigenvalue weighted by atomic mass is 10.2. The molecule has 8 heteroatoms. The first-order chi connectivity index (χ1) is 13.5. The molecule has 1 atom stereocenters. The van der Waals surface area contributed by atoms with E-state index in [9.17, 15) is 9.59 Å². The van der Waals surface area contributed by atoms with Crippen molar-refractivity contribution in [1.29, 1.82) is 0 Å². The normalized spacial score (nSPS) is 11.4. The number of hydrogen-bond donors (Lipinski definition) is 2. The molecule has 7 nitrogen and oxygen atoms in total. The Bertz CT molecular complexity index is 965. The SMILES string of the molecule is CC(Oc1cccc(Br)c1)C(=O)NNC(=O)c1cnc(-c2ccccc2)nc1. The predicted molar refractivity (Wildman–Crippen MR) is 107 cm³/mol. The van der Waals surface area contributed by atoms with E-state index in [4.69, 9.17) is 4.74 Å². The van der Waals surface area contributed by atoms with Crippen LogP contribution in [0.25, 0.3) is 11.4 Å². The minimum atomic E-state index is -0.800. The summed E-state index contributed by atoms with van der Waals surface area (Å²) in [7, 11) is 0. The van der Waals surface area contributed by atoms with Gasteiger partial charge < -0.3 is 4.74 Å². The zero-order valence-corrected chi connectivity index (χ0v) is 16.5. The number of hydrogen-bond acceptors (Lipinski definition) is 5. The maximum atomic E-state index is 12.2. The van der Waals surface area contributed by atoms with E-state index in [1.807, 2.05) is 36.4 Å². The summed E-state index contributed by atoms with van der Waals surface area (Å²) in [5.41, 5.74) is 5.73. The van der Waals surface area contributed by atoms with Crippen molar-refractivity contribution in [2.45, 2.75) is 13.0 Å². The number of halogens is 1. The first-order valence-corrected chi connectivity index (χ1v) is 9.22. The minimum absolute atomic E-state index is 0.223. The van der Waals surface area contributed by atoms with E-state index in [2.05, 4.69) is 36.7 Å². The number of amides is 2. The van der Waals surface area contributed by atoms with Crippen LogP contribution in [0.15, 0.2) is 71.5 Å². The average molecular weight is 441 g/mol. The van der Waals surface area contributed by atoms with Crippen LogP contribution in [0, 0.1) is 0 Å². The molecule has 0 aliphatic carbocycles. The summed E-state index contributed by atoms with van der Waals surface area (Å²) in [5.74, 6) is 0.0308. The number of nitrogens with zero attached hydrogens (tertiary/aromatic N) is 2. The molecule has 0 aliphatic heterocycles. The summed E-state index contributed by atoms with van der Waals surface area (Å²) < 4.78 is 6.38. The van der Waals surface area contributed by atoms with E-state index in [1.165, 1.54) is 12.4 Å². The molecule has 0 aliphatic rings. The van der Waals surface area contributed by atoms with Crippen LogP contribution < -0.4 is 15.6 Å². The average Bonchev–Trinajstić information content (AvgIpc) is 2.72. The highest BCUT2D eigenvalue weighted by atomic mass is 79.9. The van der Waals surface area contributed by atoms with Crippen molar-refractivity contribution in [1.82, 2.24) is 20.8 Å². The van der Waals surface area contributed by atoms with Gasteiger partial charge in [0.2, 0.25) is 0 Å². The van der Waals surface area contributed by atoms with Crippen molar-refractivity contribution in [3.05, 3.63) is 77.0 Å². The van der Waals surface area contributed by atoms with Gasteiger partial charge in [-0.3, -0.25) is 20.4 Å². The Morgan fingerprint density at radius 2 is 1.71 bits per heavy atom. The maximum absolute atomic E-state index is 12.2. The number of aromatic nitrogens is 2. The largest absolute Gasteiger partial charge is 0.481 e. The van der Waals surface area contributed by atoms with E-state index >= 15 is 0 Å². The zero-order chi connectivity index (χ0) is 19.9. The molecule has 28 heavy (non-hydrogen) atoms. The molecule has 0 radical (unpaired) electrons. The van der Waals surface area contributed by atoms with Crippen LogP contribution in [0.4, 0.5) is 0 Å². The van der Waals surface area contributed by atoms with Gasteiger partial charge in [-0.1, -0.05) is 52.3 Å². The Labute approximate surface area is 170 Å². The highest BCUT2D eigenvalue weighted by Crippen LogP contribution is 2.18. The molecule has 3 aromatic rings. The monoisotopic (exact) mass is 440 g/mol. The van der Waals surface area contributed by atoms with Crippen LogP contribution in [0.3, 0.4) is 0 Å². The third-order valence-electron chi connectivity index (χ3n) is 3.72. The molecule has 3 rings (SSSR count). The number of carbonyl (C=O) groups excluding carboxylic acids is 2. The Hall–Kier alpha value is -3.26. The van der Waals surface area contributed by atoms with E-state index in [-0.39, 0.29) is 5.56 Å². The van der Waals surface area contributed by atoms with Crippen LogP contribution >= 0.6 is 15.9 Å². The van der Waals surface area contributed by atoms with Crippen molar-refractivity contribution in [2.24, 2.45) is 0 Å². The van der Waals surface area contributed by atoms with Gasteiger partial charge in [-0.15, -0.1) is 0 Å². The quantitative estimate of drug-likeness (QED) is 0.594. The molecule has 1 aromatic heterocycles. The summed E-state index contributed by atoms with van der Waals surface area (Å²) in [4.78, 5) is 32.6. The summed E-state index contributed by atoms with van der Waals surface area (Å²) >= 11 is 3.34. The molecular weight excluding hydrogens is 424 g/mol. The molecule has 2 aromatic carbocycles. The van der Waals surface area contributed by atoms with Crippen LogP contribution in [0.5, 0.6) is 5.75 Å². The number of rotatable bonds is 5. The molecule has 142 valence electrons. The standard InChI is InChI=1S/C20H17BrN4O3/c1-13(28-17-9-5-8-16(21)10-17)19(26)24-25-20(27)15-11-22-18(23-12-15)14-6-3-2-4-7-14/h2-13H,1H3,(H,24,26)(H,25,27). The van der Waals surface area contributed by atoms with Gasteiger partial charge in [-0.25, -0.2) is 9.97 Å². The first-order valence-electron chi connectivity index (χ1n) is 8.43. The second-order valence-corrected chi connectivity index (χ2v) is 6.74. The fraction of sp³-hybridized carbons (Fsp3) is 0.100. The third kappa shape index (κ3) is 5.14. The molecule has 0 saturated carbocycles. The van der Waals surface area contributed by atoms with Crippen molar-refractivity contribution < 1.29 is 14.3 Å². The Kier molecular flexibility index (Phi) is 6.33. The van der Waals surface area contributed by atoms with Crippen molar-refractivity contribution in [3.8, 4) is 17.1 Å². The Morgan fingerprint density at radius 1 is 1.00 bits per heavy atom.